The summed E-state index contributed by atoms with van der Waals surface area (Å²) in [4.78, 5) is 12.7. The van der Waals surface area contributed by atoms with Gasteiger partial charge in [-0.3, -0.25) is 4.79 Å². The van der Waals surface area contributed by atoms with E-state index in [0.29, 0.717) is 6.61 Å². The topological polar surface area (TPSA) is 38.3 Å². The zero-order valence-corrected chi connectivity index (χ0v) is 16.0. The first-order chi connectivity index (χ1) is 13.8. The third kappa shape index (κ3) is 5.34. The average molecular weight is 371 g/mol. The molecule has 0 unspecified atom stereocenters. The number of rotatable bonds is 8. The van der Waals surface area contributed by atoms with E-state index < -0.39 is 0 Å². The van der Waals surface area contributed by atoms with E-state index >= 15 is 0 Å². The Hall–Kier alpha value is -3.33. The van der Waals surface area contributed by atoms with Crippen LogP contribution in [0.5, 0.6) is 5.75 Å². The maximum atomic E-state index is 12.7. The highest BCUT2D eigenvalue weighted by atomic mass is 16.5. The summed E-state index contributed by atoms with van der Waals surface area (Å²) in [6.07, 6.45) is 4.30. The van der Waals surface area contributed by atoms with Gasteiger partial charge in [-0.05, 0) is 29.7 Å². The molecule has 0 heterocycles. The second-order valence-corrected chi connectivity index (χ2v) is 6.48. The first-order valence-electron chi connectivity index (χ1n) is 9.58. The van der Waals surface area contributed by atoms with Crippen molar-refractivity contribution in [3.8, 4) is 5.75 Å². The lowest BCUT2D eigenvalue weighted by atomic mass is 9.98. The molecule has 0 saturated carbocycles. The summed E-state index contributed by atoms with van der Waals surface area (Å²) in [5, 5.41) is 3.12. The Morgan fingerprint density at radius 1 is 0.893 bits per heavy atom. The van der Waals surface area contributed by atoms with Gasteiger partial charge in [-0.1, -0.05) is 85.8 Å². The molecule has 0 atom stereocenters. The predicted octanol–water partition coefficient (Wildman–Crippen LogP) is 5.39. The van der Waals surface area contributed by atoms with E-state index in [-0.39, 0.29) is 11.9 Å². The van der Waals surface area contributed by atoms with E-state index in [2.05, 4.69) is 12.2 Å². The fraction of sp³-hybridized carbons (Fsp3) is 0.160. The Balaban J connectivity index is 1.77. The molecule has 0 spiro atoms. The highest BCUT2D eigenvalue weighted by Crippen LogP contribution is 2.22. The van der Waals surface area contributed by atoms with E-state index in [0.717, 1.165) is 28.9 Å². The van der Waals surface area contributed by atoms with Crippen LogP contribution in [-0.2, 0) is 4.79 Å². The Morgan fingerprint density at radius 2 is 1.46 bits per heavy atom. The van der Waals surface area contributed by atoms with Crippen LogP contribution >= 0.6 is 0 Å². The zero-order valence-electron chi connectivity index (χ0n) is 16.0. The van der Waals surface area contributed by atoms with Gasteiger partial charge in [0, 0.05) is 11.6 Å². The van der Waals surface area contributed by atoms with Crippen molar-refractivity contribution in [2.45, 2.75) is 19.4 Å². The van der Waals surface area contributed by atoms with Gasteiger partial charge < -0.3 is 10.1 Å². The van der Waals surface area contributed by atoms with Crippen LogP contribution in [0.4, 0.5) is 0 Å². The molecule has 1 amide bonds. The summed E-state index contributed by atoms with van der Waals surface area (Å²) >= 11 is 0. The summed E-state index contributed by atoms with van der Waals surface area (Å²) < 4.78 is 5.76. The molecule has 0 radical (unpaired) electrons. The van der Waals surface area contributed by atoms with Crippen molar-refractivity contribution in [3.05, 3.63) is 108 Å². The molecular formula is C25H25NO2. The van der Waals surface area contributed by atoms with E-state index in [1.807, 2.05) is 84.9 Å². The van der Waals surface area contributed by atoms with Crippen molar-refractivity contribution in [1.29, 1.82) is 0 Å². The summed E-state index contributed by atoms with van der Waals surface area (Å²) in [6.45, 7) is 2.72. The number of benzene rings is 3. The molecule has 0 aliphatic rings. The maximum absolute atomic E-state index is 12.7. The lowest BCUT2D eigenvalue weighted by Gasteiger charge is -2.19. The van der Waals surface area contributed by atoms with Crippen molar-refractivity contribution in [3.63, 3.8) is 0 Å². The summed E-state index contributed by atoms with van der Waals surface area (Å²) in [5.41, 5.74) is 2.98. The van der Waals surface area contributed by atoms with Crippen LogP contribution in [0, 0.1) is 0 Å². The van der Waals surface area contributed by atoms with Crippen LogP contribution in [0.2, 0.25) is 0 Å². The number of ether oxygens (including phenoxy) is 1. The first-order valence-corrected chi connectivity index (χ1v) is 9.58. The Kier molecular flexibility index (Phi) is 7.02. The second kappa shape index (κ2) is 10.1. The molecule has 3 rings (SSSR count). The fourth-order valence-electron chi connectivity index (χ4n) is 2.97. The average Bonchev–Trinajstić information content (AvgIpc) is 2.76. The molecule has 0 aliphatic heterocycles. The molecule has 0 aliphatic carbocycles. The van der Waals surface area contributed by atoms with Crippen molar-refractivity contribution in [1.82, 2.24) is 5.32 Å². The Bertz CT molecular complexity index is 865. The second-order valence-electron chi connectivity index (χ2n) is 6.48. The number of hydrogen-bond acceptors (Lipinski definition) is 2. The minimum Gasteiger partial charge on any atom is -0.493 e. The summed E-state index contributed by atoms with van der Waals surface area (Å²) in [5.74, 6) is 0.638. The van der Waals surface area contributed by atoms with Crippen molar-refractivity contribution in [2.24, 2.45) is 0 Å². The quantitative estimate of drug-likeness (QED) is 0.539. The number of hydrogen-bond donors (Lipinski definition) is 1. The number of nitrogens with one attached hydrogen (secondary N) is 1. The van der Waals surface area contributed by atoms with Crippen molar-refractivity contribution in [2.75, 3.05) is 6.61 Å². The SMILES string of the molecule is CCCOc1ccccc1/C=C/C(=O)NC(c1ccccc1)c1ccccc1. The minimum atomic E-state index is -0.203. The third-order valence-corrected chi connectivity index (χ3v) is 4.35. The lowest BCUT2D eigenvalue weighted by Crippen LogP contribution is -2.27. The lowest BCUT2D eigenvalue weighted by molar-refractivity contribution is -0.116. The van der Waals surface area contributed by atoms with E-state index in [9.17, 15) is 4.79 Å². The molecule has 0 aromatic heterocycles. The maximum Gasteiger partial charge on any atom is 0.244 e. The monoisotopic (exact) mass is 371 g/mol. The van der Waals surface area contributed by atoms with Crippen LogP contribution in [-0.4, -0.2) is 12.5 Å². The van der Waals surface area contributed by atoms with Crippen LogP contribution in [0.3, 0.4) is 0 Å². The fourth-order valence-corrected chi connectivity index (χ4v) is 2.97. The highest BCUT2D eigenvalue weighted by Gasteiger charge is 2.15. The molecular weight excluding hydrogens is 346 g/mol. The Morgan fingerprint density at radius 3 is 2.07 bits per heavy atom. The number of amides is 1. The van der Waals surface area contributed by atoms with Crippen LogP contribution in [0.25, 0.3) is 6.08 Å². The van der Waals surface area contributed by atoms with Gasteiger partial charge in [0.15, 0.2) is 0 Å². The van der Waals surface area contributed by atoms with E-state index in [4.69, 9.17) is 4.74 Å². The van der Waals surface area contributed by atoms with Crippen molar-refractivity contribution < 1.29 is 9.53 Å². The number of carbonyl (C=O) groups is 1. The minimum absolute atomic E-state index is 0.150. The van der Waals surface area contributed by atoms with Crippen LogP contribution in [0.15, 0.2) is 91.0 Å². The molecule has 0 saturated heterocycles. The standard InChI is InChI=1S/C25H25NO2/c1-2-19-28-23-16-10-9-11-20(23)17-18-24(27)26-25(21-12-5-3-6-13-21)22-14-7-4-8-15-22/h3-18,25H,2,19H2,1H3,(H,26,27)/b18-17+. The van der Waals surface area contributed by atoms with Crippen molar-refractivity contribution >= 4 is 12.0 Å². The summed E-state index contributed by atoms with van der Waals surface area (Å²) in [7, 11) is 0. The van der Waals surface area contributed by atoms with Gasteiger partial charge in [0.05, 0.1) is 12.6 Å². The number of carbonyl (C=O) groups excluding carboxylic acids is 1. The normalized spacial score (nSPS) is 10.9. The molecule has 1 N–H and O–H groups in total. The number of para-hydroxylation sites is 1. The molecule has 0 fully saturated rings. The molecule has 3 heteroatoms. The van der Waals surface area contributed by atoms with Gasteiger partial charge in [0.2, 0.25) is 5.91 Å². The Labute approximate surface area is 166 Å². The highest BCUT2D eigenvalue weighted by molar-refractivity contribution is 5.92. The van der Waals surface area contributed by atoms with Gasteiger partial charge in [0.25, 0.3) is 0 Å². The van der Waals surface area contributed by atoms with Gasteiger partial charge in [0.1, 0.15) is 5.75 Å². The molecule has 0 bridgehead atoms. The van der Waals surface area contributed by atoms with Gasteiger partial charge in [-0.15, -0.1) is 0 Å². The zero-order chi connectivity index (χ0) is 19.6. The largest absolute Gasteiger partial charge is 0.493 e. The van der Waals surface area contributed by atoms with Crippen LogP contribution < -0.4 is 10.1 Å². The van der Waals surface area contributed by atoms with E-state index in [1.54, 1.807) is 12.2 Å². The summed E-state index contributed by atoms with van der Waals surface area (Å²) in [6, 6.07) is 27.5. The van der Waals surface area contributed by atoms with Gasteiger partial charge in [-0.25, -0.2) is 0 Å². The van der Waals surface area contributed by atoms with Gasteiger partial charge >= 0.3 is 0 Å². The van der Waals surface area contributed by atoms with E-state index in [1.165, 1.54) is 0 Å². The van der Waals surface area contributed by atoms with Crippen LogP contribution in [0.1, 0.15) is 36.1 Å². The first kappa shape index (κ1) is 19.4. The van der Waals surface area contributed by atoms with Gasteiger partial charge in [-0.2, -0.15) is 0 Å². The molecule has 3 aromatic carbocycles. The molecule has 3 aromatic rings. The predicted molar refractivity (Wildman–Crippen MR) is 114 cm³/mol. The smallest absolute Gasteiger partial charge is 0.244 e. The molecule has 28 heavy (non-hydrogen) atoms. The third-order valence-electron chi connectivity index (χ3n) is 4.35. The molecule has 142 valence electrons. The molecule has 3 nitrogen and oxygen atoms in total.